The third-order valence-electron chi connectivity index (χ3n) is 5.44. The number of hydrogen-bond donors (Lipinski definition) is 0. The van der Waals surface area contributed by atoms with Crippen molar-refractivity contribution in [2.24, 2.45) is 0 Å². The molecule has 0 atom stereocenters. The van der Waals surface area contributed by atoms with Gasteiger partial charge < -0.3 is 0 Å². The molecule has 0 saturated heterocycles. The fourth-order valence-electron chi connectivity index (χ4n) is 4.11. The van der Waals surface area contributed by atoms with E-state index in [1.165, 1.54) is 49.4 Å². The van der Waals surface area contributed by atoms with Gasteiger partial charge in [0.2, 0.25) is 0 Å². The lowest BCUT2D eigenvalue weighted by Crippen LogP contribution is -1.91. The molecule has 0 aromatic heterocycles. The molecule has 0 saturated carbocycles. The van der Waals surface area contributed by atoms with Crippen LogP contribution in [0.1, 0.15) is 11.1 Å². The Morgan fingerprint density at radius 2 is 1.25 bits per heavy atom. The second kappa shape index (κ2) is 6.55. The first-order chi connectivity index (χ1) is 13.7. The zero-order valence-corrected chi connectivity index (χ0v) is 16.1. The van der Waals surface area contributed by atoms with E-state index >= 15 is 0 Å². The summed E-state index contributed by atoms with van der Waals surface area (Å²) in [5.74, 6) is 0. The summed E-state index contributed by atoms with van der Waals surface area (Å²) in [5.41, 5.74) is 7.43. The molecular weight excluding hydrogens is 336 g/mol. The SMILES string of the molecule is Cc1ccc(-c2c3ccccc3c(-c3c#cccc3)c3ccc(C)cc23)cc1. The molecule has 0 bridgehead atoms. The van der Waals surface area contributed by atoms with Crippen LogP contribution in [0.4, 0.5) is 0 Å². The van der Waals surface area contributed by atoms with Crippen molar-refractivity contribution in [1.82, 2.24) is 0 Å². The van der Waals surface area contributed by atoms with Crippen molar-refractivity contribution < 1.29 is 0 Å². The topological polar surface area (TPSA) is 0 Å². The lowest BCUT2D eigenvalue weighted by Gasteiger charge is -2.17. The first-order valence-corrected chi connectivity index (χ1v) is 9.63. The molecule has 0 aliphatic rings. The summed E-state index contributed by atoms with van der Waals surface area (Å²) in [6.07, 6.45) is 0. The van der Waals surface area contributed by atoms with Crippen LogP contribution in [-0.2, 0) is 0 Å². The van der Waals surface area contributed by atoms with Crippen LogP contribution < -0.4 is 0 Å². The molecular formula is C28H20. The van der Waals surface area contributed by atoms with Gasteiger partial charge in [0.25, 0.3) is 0 Å². The molecule has 0 amide bonds. The quantitative estimate of drug-likeness (QED) is 0.287. The molecule has 0 unspecified atom stereocenters. The number of hydrogen-bond acceptors (Lipinski definition) is 0. The highest BCUT2D eigenvalue weighted by molar-refractivity contribution is 6.21. The monoisotopic (exact) mass is 356 g/mol. The summed E-state index contributed by atoms with van der Waals surface area (Å²) in [6, 6.07) is 36.9. The second-order valence-electron chi connectivity index (χ2n) is 7.42. The van der Waals surface area contributed by atoms with E-state index in [9.17, 15) is 0 Å². The van der Waals surface area contributed by atoms with E-state index in [2.05, 4.69) is 98.8 Å². The van der Waals surface area contributed by atoms with Gasteiger partial charge >= 0.3 is 0 Å². The lowest BCUT2D eigenvalue weighted by molar-refractivity contribution is 1.47. The predicted molar refractivity (Wildman–Crippen MR) is 119 cm³/mol. The Morgan fingerprint density at radius 3 is 1.96 bits per heavy atom. The lowest BCUT2D eigenvalue weighted by atomic mass is 9.85. The first-order valence-electron chi connectivity index (χ1n) is 9.63. The molecule has 0 aliphatic carbocycles. The molecule has 0 heteroatoms. The van der Waals surface area contributed by atoms with Gasteiger partial charge in [0.1, 0.15) is 0 Å². The van der Waals surface area contributed by atoms with E-state index in [0.29, 0.717) is 0 Å². The minimum absolute atomic E-state index is 1.09. The van der Waals surface area contributed by atoms with Gasteiger partial charge in [0.15, 0.2) is 0 Å². The minimum Gasteiger partial charge on any atom is -0.0696 e. The maximum atomic E-state index is 3.33. The standard InChI is InChI=1S/C28H20/c1-19-12-15-22(16-13-19)28-24-11-7-6-10-23(24)27(21-8-4-3-5-9-21)25-17-14-20(2)18-26(25)28/h3-4,6-8,10-18H,1-2H3. The van der Waals surface area contributed by atoms with Gasteiger partial charge in [0, 0.05) is 11.1 Å². The van der Waals surface area contributed by atoms with Gasteiger partial charge in [-0.15, -0.1) is 0 Å². The molecule has 0 fully saturated rings. The Bertz CT molecular complexity index is 1290. The number of aryl methyl sites for hydroxylation is 2. The molecule has 0 aliphatic heterocycles. The number of rotatable bonds is 2. The molecule has 28 heavy (non-hydrogen) atoms. The fourth-order valence-corrected chi connectivity index (χ4v) is 4.11. The summed E-state index contributed by atoms with van der Waals surface area (Å²) < 4.78 is 0. The second-order valence-corrected chi connectivity index (χ2v) is 7.42. The van der Waals surface area contributed by atoms with Crippen LogP contribution in [0.15, 0.2) is 84.9 Å². The Morgan fingerprint density at radius 1 is 0.571 bits per heavy atom. The van der Waals surface area contributed by atoms with E-state index < -0.39 is 0 Å². The molecule has 0 heterocycles. The van der Waals surface area contributed by atoms with E-state index in [1.807, 2.05) is 12.1 Å². The van der Waals surface area contributed by atoms with Crippen molar-refractivity contribution in [3.05, 3.63) is 108 Å². The maximum absolute atomic E-state index is 3.33. The van der Waals surface area contributed by atoms with E-state index in [1.54, 1.807) is 0 Å². The van der Waals surface area contributed by atoms with E-state index in [4.69, 9.17) is 0 Å². The molecule has 0 spiro atoms. The smallest absolute Gasteiger partial charge is 0.0333 e. The highest BCUT2D eigenvalue weighted by Gasteiger charge is 2.16. The van der Waals surface area contributed by atoms with Crippen LogP contribution in [0.2, 0.25) is 0 Å². The van der Waals surface area contributed by atoms with Crippen molar-refractivity contribution in [2.75, 3.05) is 0 Å². The van der Waals surface area contributed by atoms with Crippen molar-refractivity contribution >= 4 is 21.5 Å². The molecule has 132 valence electrons. The summed E-state index contributed by atoms with van der Waals surface area (Å²) in [6.45, 7) is 4.30. The average Bonchev–Trinajstić information content (AvgIpc) is 2.73. The maximum Gasteiger partial charge on any atom is 0.0333 e. The first kappa shape index (κ1) is 16.6. The van der Waals surface area contributed by atoms with Gasteiger partial charge in [-0.05, 0) is 58.7 Å². The Kier molecular flexibility index (Phi) is 3.89. The number of benzene rings is 4. The molecule has 0 N–H and O–H groups in total. The normalized spacial score (nSPS) is 10.9. The summed E-state index contributed by atoms with van der Waals surface area (Å²) in [7, 11) is 0. The van der Waals surface area contributed by atoms with Crippen molar-refractivity contribution in [3.63, 3.8) is 0 Å². The summed E-state index contributed by atoms with van der Waals surface area (Å²) in [4.78, 5) is 0. The van der Waals surface area contributed by atoms with E-state index in [0.717, 1.165) is 5.56 Å². The van der Waals surface area contributed by atoms with Crippen molar-refractivity contribution in [2.45, 2.75) is 13.8 Å². The van der Waals surface area contributed by atoms with Crippen molar-refractivity contribution in [3.8, 4) is 22.3 Å². The Labute approximate surface area is 166 Å². The van der Waals surface area contributed by atoms with Gasteiger partial charge in [-0.3, -0.25) is 0 Å². The summed E-state index contributed by atoms with van der Waals surface area (Å²) >= 11 is 0. The average molecular weight is 356 g/mol. The van der Waals surface area contributed by atoms with E-state index in [-0.39, 0.29) is 0 Å². The Balaban J connectivity index is 2.01. The number of fused-ring (bicyclic) bond motifs is 2. The van der Waals surface area contributed by atoms with Gasteiger partial charge in [-0.1, -0.05) is 96.1 Å². The van der Waals surface area contributed by atoms with Crippen LogP contribution in [0.3, 0.4) is 0 Å². The van der Waals surface area contributed by atoms with Gasteiger partial charge in [-0.25, -0.2) is 0 Å². The largest absolute Gasteiger partial charge is 0.0696 e. The molecule has 5 rings (SSSR count). The van der Waals surface area contributed by atoms with Crippen LogP contribution in [0, 0.1) is 26.0 Å². The van der Waals surface area contributed by atoms with Gasteiger partial charge in [0.05, 0.1) is 0 Å². The van der Waals surface area contributed by atoms with Crippen LogP contribution in [-0.4, -0.2) is 0 Å². The predicted octanol–water partition coefficient (Wildman–Crippen LogP) is 7.54. The van der Waals surface area contributed by atoms with Crippen molar-refractivity contribution in [1.29, 1.82) is 0 Å². The van der Waals surface area contributed by atoms with Crippen LogP contribution in [0.25, 0.3) is 43.8 Å². The summed E-state index contributed by atoms with van der Waals surface area (Å²) in [5, 5.41) is 5.08. The molecule has 0 radical (unpaired) electrons. The minimum atomic E-state index is 1.09. The zero-order chi connectivity index (χ0) is 19.1. The molecule has 0 nitrogen and oxygen atoms in total. The highest BCUT2D eigenvalue weighted by Crippen LogP contribution is 2.43. The Hall–Kier alpha value is -3.56. The van der Waals surface area contributed by atoms with Crippen LogP contribution >= 0.6 is 0 Å². The zero-order valence-electron chi connectivity index (χ0n) is 16.1. The third-order valence-corrected chi connectivity index (χ3v) is 5.44. The molecule has 5 aromatic carbocycles. The van der Waals surface area contributed by atoms with Crippen LogP contribution in [0.5, 0.6) is 0 Å². The van der Waals surface area contributed by atoms with Gasteiger partial charge in [-0.2, -0.15) is 0 Å². The fraction of sp³-hybridized carbons (Fsp3) is 0.0714. The highest BCUT2D eigenvalue weighted by atomic mass is 14.2. The third kappa shape index (κ3) is 2.65. The molecule has 5 aromatic rings.